The summed E-state index contributed by atoms with van der Waals surface area (Å²) in [7, 11) is 3.41. The molecule has 0 bridgehead atoms. The van der Waals surface area contributed by atoms with Crippen molar-refractivity contribution in [1.29, 1.82) is 0 Å². The van der Waals surface area contributed by atoms with Gasteiger partial charge in [-0.25, -0.2) is 0 Å². The molecule has 0 aromatic rings. The Morgan fingerprint density at radius 2 is 1.86 bits per heavy atom. The minimum atomic E-state index is -0.457. The van der Waals surface area contributed by atoms with Gasteiger partial charge in [0.2, 0.25) is 11.8 Å². The fourth-order valence-electron chi connectivity index (χ4n) is 3.52. The first-order valence-electron chi connectivity index (χ1n) is 8.44. The molecule has 2 aliphatic rings. The van der Waals surface area contributed by atoms with Crippen LogP contribution in [-0.4, -0.2) is 85.4 Å². The maximum Gasteiger partial charge on any atom is 0.244 e. The molecule has 6 heteroatoms. The Morgan fingerprint density at radius 3 is 2.50 bits per heavy atom. The fraction of sp³-hybridized carbons (Fsp3) is 0.875. The first-order chi connectivity index (χ1) is 10.5. The fourth-order valence-corrected chi connectivity index (χ4v) is 3.52. The molecule has 2 rings (SSSR count). The molecule has 0 saturated carbocycles. The lowest BCUT2D eigenvalue weighted by molar-refractivity contribution is -0.134. The van der Waals surface area contributed by atoms with E-state index in [0.717, 1.165) is 19.5 Å². The Balaban J connectivity index is 1.77. The first-order valence-corrected chi connectivity index (χ1v) is 8.44. The topological polar surface area (TPSA) is 55.9 Å². The van der Waals surface area contributed by atoms with Crippen molar-refractivity contribution in [3.05, 3.63) is 0 Å². The lowest BCUT2D eigenvalue weighted by Gasteiger charge is -2.37. The molecular weight excluding hydrogens is 280 g/mol. The molecule has 2 unspecified atom stereocenters. The van der Waals surface area contributed by atoms with Gasteiger partial charge in [0.05, 0.1) is 6.54 Å². The van der Waals surface area contributed by atoms with Crippen LogP contribution in [0.2, 0.25) is 0 Å². The molecule has 2 heterocycles. The Labute approximate surface area is 133 Å². The quantitative estimate of drug-likeness (QED) is 0.785. The lowest BCUT2D eigenvalue weighted by Crippen LogP contribution is -2.52. The van der Waals surface area contributed by atoms with E-state index < -0.39 is 6.04 Å². The summed E-state index contributed by atoms with van der Waals surface area (Å²) in [4.78, 5) is 30.2. The standard InChI is InChI=1S/C16H30N4O2/c1-13(16(22)18(2)3)17-15(21)12-19-8-6-7-14(11-19)20-9-4-5-10-20/h13-14H,4-12H2,1-3H3,(H,17,21). The summed E-state index contributed by atoms with van der Waals surface area (Å²) in [6.07, 6.45) is 5.01. The molecule has 2 aliphatic heterocycles. The van der Waals surface area contributed by atoms with Gasteiger partial charge in [-0.1, -0.05) is 0 Å². The third kappa shape index (κ3) is 4.68. The van der Waals surface area contributed by atoms with Crippen molar-refractivity contribution < 1.29 is 9.59 Å². The number of nitrogens with one attached hydrogen (secondary N) is 1. The number of hydrogen-bond acceptors (Lipinski definition) is 4. The molecule has 1 N–H and O–H groups in total. The Morgan fingerprint density at radius 1 is 1.18 bits per heavy atom. The zero-order valence-corrected chi connectivity index (χ0v) is 14.2. The van der Waals surface area contributed by atoms with E-state index >= 15 is 0 Å². The highest BCUT2D eigenvalue weighted by molar-refractivity contribution is 5.87. The minimum absolute atomic E-state index is 0.0511. The van der Waals surface area contributed by atoms with E-state index in [1.54, 1.807) is 21.0 Å². The smallest absolute Gasteiger partial charge is 0.244 e. The number of amides is 2. The summed E-state index contributed by atoms with van der Waals surface area (Å²) in [5.74, 6) is -0.119. The molecule has 22 heavy (non-hydrogen) atoms. The van der Waals surface area contributed by atoms with Crippen LogP contribution < -0.4 is 5.32 Å². The molecule has 0 aromatic carbocycles. The maximum atomic E-state index is 12.1. The molecule has 0 radical (unpaired) electrons. The van der Waals surface area contributed by atoms with Gasteiger partial charge in [0, 0.05) is 26.7 Å². The number of piperidine rings is 1. The van der Waals surface area contributed by atoms with Gasteiger partial charge >= 0.3 is 0 Å². The molecule has 2 amide bonds. The van der Waals surface area contributed by atoms with Gasteiger partial charge in [0.25, 0.3) is 0 Å². The van der Waals surface area contributed by atoms with Crippen molar-refractivity contribution in [3.8, 4) is 0 Å². The van der Waals surface area contributed by atoms with Gasteiger partial charge in [0.15, 0.2) is 0 Å². The molecule has 0 spiro atoms. The number of rotatable bonds is 5. The number of likely N-dealkylation sites (N-methyl/N-ethyl adjacent to an activating group) is 1. The summed E-state index contributed by atoms with van der Waals surface area (Å²) >= 11 is 0. The number of likely N-dealkylation sites (tertiary alicyclic amines) is 2. The Kier molecular flexibility index (Phi) is 6.20. The van der Waals surface area contributed by atoms with Crippen LogP contribution in [0.15, 0.2) is 0 Å². The molecule has 2 saturated heterocycles. The molecule has 6 nitrogen and oxygen atoms in total. The van der Waals surface area contributed by atoms with E-state index in [9.17, 15) is 9.59 Å². The maximum absolute atomic E-state index is 12.1. The van der Waals surface area contributed by atoms with Crippen LogP contribution >= 0.6 is 0 Å². The predicted octanol–water partition coefficient (Wildman–Crippen LogP) is 0.140. The summed E-state index contributed by atoms with van der Waals surface area (Å²) < 4.78 is 0. The van der Waals surface area contributed by atoms with Gasteiger partial charge < -0.3 is 10.2 Å². The van der Waals surface area contributed by atoms with Gasteiger partial charge in [-0.2, -0.15) is 0 Å². The van der Waals surface area contributed by atoms with Crippen molar-refractivity contribution in [2.24, 2.45) is 0 Å². The predicted molar refractivity (Wildman–Crippen MR) is 86.6 cm³/mol. The first kappa shape index (κ1) is 17.2. The number of carbonyl (C=O) groups is 2. The Hall–Kier alpha value is -1.14. The Bertz CT molecular complexity index is 394. The van der Waals surface area contributed by atoms with Gasteiger partial charge in [0.1, 0.15) is 6.04 Å². The van der Waals surface area contributed by atoms with Gasteiger partial charge in [-0.15, -0.1) is 0 Å². The highest BCUT2D eigenvalue weighted by Gasteiger charge is 2.28. The van der Waals surface area contributed by atoms with Crippen LogP contribution in [0.5, 0.6) is 0 Å². The number of nitrogens with zero attached hydrogens (tertiary/aromatic N) is 3. The van der Waals surface area contributed by atoms with Crippen LogP contribution in [0.4, 0.5) is 0 Å². The summed E-state index contributed by atoms with van der Waals surface area (Å²) in [5, 5.41) is 2.81. The molecule has 0 aromatic heterocycles. The molecule has 0 aliphatic carbocycles. The second-order valence-corrected chi connectivity index (χ2v) is 6.80. The average Bonchev–Trinajstić information content (AvgIpc) is 3.00. The molecule has 2 fully saturated rings. The van der Waals surface area contributed by atoms with Crippen LogP contribution in [0, 0.1) is 0 Å². The van der Waals surface area contributed by atoms with E-state index in [1.807, 2.05) is 0 Å². The highest BCUT2D eigenvalue weighted by atomic mass is 16.2. The summed E-state index contributed by atoms with van der Waals surface area (Å²) in [6, 6.07) is 0.145. The SMILES string of the molecule is CC(NC(=O)CN1CCCC(N2CCCC2)C1)C(=O)N(C)C. The van der Waals surface area contributed by atoms with Crippen molar-refractivity contribution >= 4 is 11.8 Å². The average molecular weight is 310 g/mol. The second kappa shape index (κ2) is 7.92. The molecular formula is C16H30N4O2. The van der Waals surface area contributed by atoms with E-state index in [4.69, 9.17) is 0 Å². The van der Waals surface area contributed by atoms with E-state index in [-0.39, 0.29) is 11.8 Å². The lowest BCUT2D eigenvalue weighted by atomic mass is 10.0. The zero-order chi connectivity index (χ0) is 16.1. The number of carbonyl (C=O) groups excluding carboxylic acids is 2. The normalized spacial score (nSPS) is 25.0. The van der Waals surface area contributed by atoms with E-state index in [0.29, 0.717) is 12.6 Å². The molecule has 2 atom stereocenters. The van der Waals surface area contributed by atoms with Crippen molar-refractivity contribution in [3.63, 3.8) is 0 Å². The number of hydrogen-bond donors (Lipinski definition) is 1. The summed E-state index contributed by atoms with van der Waals surface area (Å²) in [5.41, 5.74) is 0. The molecule has 126 valence electrons. The van der Waals surface area contributed by atoms with Gasteiger partial charge in [-0.05, 0) is 52.2 Å². The van der Waals surface area contributed by atoms with Crippen LogP contribution in [-0.2, 0) is 9.59 Å². The second-order valence-electron chi connectivity index (χ2n) is 6.80. The van der Waals surface area contributed by atoms with Crippen molar-refractivity contribution in [2.45, 2.75) is 44.7 Å². The van der Waals surface area contributed by atoms with E-state index in [2.05, 4.69) is 15.1 Å². The largest absolute Gasteiger partial charge is 0.347 e. The third-order valence-corrected chi connectivity index (χ3v) is 4.69. The van der Waals surface area contributed by atoms with Gasteiger partial charge in [-0.3, -0.25) is 19.4 Å². The van der Waals surface area contributed by atoms with Crippen LogP contribution in [0.3, 0.4) is 0 Å². The monoisotopic (exact) mass is 310 g/mol. The summed E-state index contributed by atoms with van der Waals surface area (Å²) in [6.45, 7) is 6.51. The van der Waals surface area contributed by atoms with Crippen molar-refractivity contribution in [1.82, 2.24) is 20.0 Å². The van der Waals surface area contributed by atoms with Crippen LogP contribution in [0.1, 0.15) is 32.6 Å². The third-order valence-electron chi connectivity index (χ3n) is 4.69. The minimum Gasteiger partial charge on any atom is -0.347 e. The zero-order valence-electron chi connectivity index (χ0n) is 14.2. The van der Waals surface area contributed by atoms with E-state index in [1.165, 1.54) is 37.3 Å². The van der Waals surface area contributed by atoms with Crippen LogP contribution in [0.25, 0.3) is 0 Å². The highest BCUT2D eigenvalue weighted by Crippen LogP contribution is 2.20. The van der Waals surface area contributed by atoms with Crippen molar-refractivity contribution in [2.75, 3.05) is 46.8 Å².